The molecule has 0 aliphatic carbocycles. The maximum absolute atomic E-state index is 12.8. The molecular weight excluding hydrogens is 233 g/mol. The fourth-order valence-corrected chi connectivity index (χ4v) is 1.91. The van der Waals surface area contributed by atoms with E-state index in [0.29, 0.717) is 0 Å². The lowest BCUT2D eigenvalue weighted by molar-refractivity contribution is -0.142. The predicted molar refractivity (Wildman–Crippen MR) is 69.9 cm³/mol. The van der Waals surface area contributed by atoms with Crippen LogP contribution in [0, 0.1) is 11.7 Å². The Bertz CT molecular complexity index is 378. The highest BCUT2D eigenvalue weighted by Crippen LogP contribution is 2.18. The van der Waals surface area contributed by atoms with Crippen LogP contribution in [0.1, 0.15) is 26.7 Å². The zero-order valence-electron chi connectivity index (χ0n) is 11.1. The van der Waals surface area contributed by atoms with Gasteiger partial charge in [-0.3, -0.25) is 0 Å². The third-order valence-electron chi connectivity index (χ3n) is 2.93. The number of halogens is 1. The number of benzene rings is 1. The summed E-state index contributed by atoms with van der Waals surface area (Å²) in [4.78, 5) is 11.7. The second-order valence-electron chi connectivity index (χ2n) is 4.42. The van der Waals surface area contributed by atoms with Crippen molar-refractivity contribution >= 4 is 11.7 Å². The van der Waals surface area contributed by atoms with E-state index in [4.69, 9.17) is 4.74 Å². The van der Waals surface area contributed by atoms with Gasteiger partial charge in [0.2, 0.25) is 0 Å². The first-order chi connectivity index (χ1) is 8.58. The van der Waals surface area contributed by atoms with E-state index in [1.54, 1.807) is 12.1 Å². The molecule has 0 heterocycles. The van der Waals surface area contributed by atoms with Crippen molar-refractivity contribution in [1.82, 2.24) is 0 Å². The van der Waals surface area contributed by atoms with Crippen molar-refractivity contribution in [3.63, 3.8) is 0 Å². The molecule has 0 aromatic heterocycles. The van der Waals surface area contributed by atoms with Gasteiger partial charge >= 0.3 is 5.97 Å². The zero-order chi connectivity index (χ0) is 13.5. The molecule has 1 aromatic carbocycles. The van der Waals surface area contributed by atoms with Crippen LogP contribution in [0.3, 0.4) is 0 Å². The lowest BCUT2D eigenvalue weighted by Gasteiger charge is -2.23. The molecule has 0 spiro atoms. The van der Waals surface area contributed by atoms with E-state index in [0.717, 1.165) is 18.5 Å². The van der Waals surface area contributed by atoms with Crippen molar-refractivity contribution in [1.29, 1.82) is 0 Å². The molecule has 2 atom stereocenters. The van der Waals surface area contributed by atoms with Crippen molar-refractivity contribution < 1.29 is 13.9 Å². The minimum absolute atomic E-state index is 0.160. The SMILES string of the molecule is CCCC(C)C(Nc1ccc(F)cc1)C(=O)OC. The molecule has 0 bridgehead atoms. The molecule has 2 unspecified atom stereocenters. The Morgan fingerprint density at radius 2 is 2.00 bits per heavy atom. The molecule has 0 radical (unpaired) electrons. The molecule has 0 fully saturated rings. The van der Waals surface area contributed by atoms with Crippen LogP contribution >= 0.6 is 0 Å². The van der Waals surface area contributed by atoms with Crippen LogP contribution in [-0.2, 0) is 9.53 Å². The van der Waals surface area contributed by atoms with E-state index in [2.05, 4.69) is 12.2 Å². The van der Waals surface area contributed by atoms with Crippen LogP contribution < -0.4 is 5.32 Å². The first-order valence-electron chi connectivity index (χ1n) is 6.18. The summed E-state index contributed by atoms with van der Waals surface area (Å²) < 4.78 is 17.6. The maximum atomic E-state index is 12.8. The van der Waals surface area contributed by atoms with Gasteiger partial charge in [-0.2, -0.15) is 0 Å². The number of nitrogens with one attached hydrogen (secondary N) is 1. The normalized spacial score (nSPS) is 13.8. The fourth-order valence-electron chi connectivity index (χ4n) is 1.91. The molecule has 1 rings (SSSR count). The second kappa shape index (κ2) is 6.99. The van der Waals surface area contributed by atoms with Gasteiger partial charge in [0.25, 0.3) is 0 Å². The molecule has 18 heavy (non-hydrogen) atoms. The van der Waals surface area contributed by atoms with Crippen LogP contribution in [0.4, 0.5) is 10.1 Å². The van der Waals surface area contributed by atoms with Gasteiger partial charge in [0.05, 0.1) is 7.11 Å². The van der Waals surface area contributed by atoms with Gasteiger partial charge in [-0.1, -0.05) is 20.3 Å². The lowest BCUT2D eigenvalue weighted by atomic mass is 9.96. The average molecular weight is 253 g/mol. The fraction of sp³-hybridized carbons (Fsp3) is 0.500. The summed E-state index contributed by atoms with van der Waals surface area (Å²) in [6.07, 6.45) is 1.92. The van der Waals surface area contributed by atoms with Gasteiger partial charge in [-0.05, 0) is 36.6 Å². The number of hydrogen-bond acceptors (Lipinski definition) is 3. The quantitative estimate of drug-likeness (QED) is 0.791. The summed E-state index contributed by atoms with van der Waals surface area (Å²) in [5.41, 5.74) is 0.717. The van der Waals surface area contributed by atoms with Crippen LogP contribution in [0.2, 0.25) is 0 Å². The summed E-state index contributed by atoms with van der Waals surface area (Å²) in [6.45, 7) is 4.07. The molecule has 0 aliphatic heterocycles. The molecule has 4 heteroatoms. The minimum Gasteiger partial charge on any atom is -0.467 e. The lowest BCUT2D eigenvalue weighted by Crippen LogP contribution is -2.36. The molecule has 0 saturated carbocycles. The zero-order valence-corrected chi connectivity index (χ0v) is 11.1. The Hall–Kier alpha value is -1.58. The summed E-state index contributed by atoms with van der Waals surface area (Å²) in [6, 6.07) is 5.55. The molecule has 1 N–H and O–H groups in total. The number of hydrogen-bond donors (Lipinski definition) is 1. The van der Waals surface area contributed by atoms with E-state index in [9.17, 15) is 9.18 Å². The summed E-state index contributed by atoms with van der Waals surface area (Å²) in [5, 5.41) is 3.10. The van der Waals surface area contributed by atoms with E-state index in [1.807, 2.05) is 6.92 Å². The van der Waals surface area contributed by atoms with Gasteiger partial charge in [0.15, 0.2) is 0 Å². The Morgan fingerprint density at radius 3 is 2.50 bits per heavy atom. The van der Waals surface area contributed by atoms with E-state index in [-0.39, 0.29) is 17.7 Å². The highest BCUT2D eigenvalue weighted by molar-refractivity contribution is 5.79. The minimum atomic E-state index is -0.402. The Kier molecular flexibility index (Phi) is 5.62. The van der Waals surface area contributed by atoms with Gasteiger partial charge in [-0.25, -0.2) is 9.18 Å². The highest BCUT2D eigenvalue weighted by atomic mass is 19.1. The number of anilines is 1. The number of carbonyl (C=O) groups is 1. The number of esters is 1. The van der Waals surface area contributed by atoms with Crippen LogP contribution in [0.15, 0.2) is 24.3 Å². The van der Waals surface area contributed by atoms with Crippen molar-refractivity contribution in [2.45, 2.75) is 32.7 Å². The average Bonchev–Trinajstić information content (AvgIpc) is 2.37. The molecule has 3 nitrogen and oxygen atoms in total. The van der Waals surface area contributed by atoms with Crippen molar-refractivity contribution in [3.05, 3.63) is 30.1 Å². The molecular formula is C14H20FNO2. The molecule has 1 aromatic rings. The smallest absolute Gasteiger partial charge is 0.328 e. The predicted octanol–water partition coefficient (Wildman–Crippen LogP) is 3.22. The van der Waals surface area contributed by atoms with Gasteiger partial charge < -0.3 is 10.1 Å². The number of methoxy groups -OCH3 is 1. The summed E-state index contributed by atoms with van der Waals surface area (Å²) in [7, 11) is 1.38. The Morgan fingerprint density at radius 1 is 1.39 bits per heavy atom. The third kappa shape index (κ3) is 4.02. The van der Waals surface area contributed by atoms with Gasteiger partial charge in [-0.15, -0.1) is 0 Å². The first-order valence-corrected chi connectivity index (χ1v) is 6.18. The summed E-state index contributed by atoms with van der Waals surface area (Å²) in [5.74, 6) is -0.426. The number of carbonyl (C=O) groups excluding carboxylic acids is 1. The van der Waals surface area contributed by atoms with Crippen molar-refractivity contribution in [2.75, 3.05) is 12.4 Å². The summed E-state index contributed by atoms with van der Waals surface area (Å²) >= 11 is 0. The molecule has 0 amide bonds. The molecule has 0 aliphatic rings. The Balaban J connectivity index is 2.77. The standard InChI is InChI=1S/C14H20FNO2/c1-4-5-10(2)13(14(17)18-3)16-12-8-6-11(15)7-9-12/h6-10,13,16H,4-5H2,1-3H3. The van der Waals surface area contributed by atoms with Crippen LogP contribution in [0.5, 0.6) is 0 Å². The highest BCUT2D eigenvalue weighted by Gasteiger charge is 2.25. The second-order valence-corrected chi connectivity index (χ2v) is 4.42. The molecule has 0 saturated heterocycles. The van der Waals surface area contributed by atoms with E-state index < -0.39 is 6.04 Å². The van der Waals surface area contributed by atoms with Crippen molar-refractivity contribution in [3.8, 4) is 0 Å². The number of ether oxygens (including phenoxy) is 1. The first kappa shape index (κ1) is 14.5. The molecule has 100 valence electrons. The number of rotatable bonds is 6. The Labute approximate surface area is 107 Å². The maximum Gasteiger partial charge on any atom is 0.328 e. The van der Waals surface area contributed by atoms with Gasteiger partial charge in [0, 0.05) is 5.69 Å². The van der Waals surface area contributed by atoms with Crippen molar-refractivity contribution in [2.24, 2.45) is 5.92 Å². The van der Waals surface area contributed by atoms with Crippen LogP contribution in [-0.4, -0.2) is 19.1 Å². The monoisotopic (exact) mass is 253 g/mol. The van der Waals surface area contributed by atoms with E-state index in [1.165, 1.54) is 19.2 Å². The van der Waals surface area contributed by atoms with Gasteiger partial charge in [0.1, 0.15) is 11.9 Å². The van der Waals surface area contributed by atoms with E-state index >= 15 is 0 Å². The third-order valence-corrected chi connectivity index (χ3v) is 2.93. The largest absolute Gasteiger partial charge is 0.467 e. The van der Waals surface area contributed by atoms with Crippen LogP contribution in [0.25, 0.3) is 0 Å². The topological polar surface area (TPSA) is 38.3 Å².